The van der Waals surface area contributed by atoms with Gasteiger partial charge in [0.15, 0.2) is 0 Å². The molecule has 0 spiro atoms. The molecule has 2 aromatic rings. The fourth-order valence-electron chi connectivity index (χ4n) is 2.14. The average molecular weight is 306 g/mol. The van der Waals surface area contributed by atoms with E-state index in [0.717, 1.165) is 23.3 Å². The van der Waals surface area contributed by atoms with Gasteiger partial charge in [-0.15, -0.1) is 0 Å². The second-order valence-corrected chi connectivity index (χ2v) is 5.45. The molecule has 0 aliphatic carbocycles. The zero-order valence-corrected chi connectivity index (χ0v) is 13.1. The molecule has 0 saturated heterocycles. The summed E-state index contributed by atoms with van der Waals surface area (Å²) in [5.74, 6) is 1.47. The van der Waals surface area contributed by atoms with E-state index < -0.39 is 0 Å². The first-order valence-corrected chi connectivity index (χ1v) is 7.26. The SMILES string of the molecule is COc1ccccc1COc1ccc(CC(C)N)cc1Cl. The van der Waals surface area contributed by atoms with Crippen molar-refractivity contribution in [1.82, 2.24) is 0 Å². The molecule has 112 valence electrons. The first-order chi connectivity index (χ1) is 10.1. The Hall–Kier alpha value is -1.71. The van der Waals surface area contributed by atoms with Gasteiger partial charge in [-0.05, 0) is 37.1 Å². The topological polar surface area (TPSA) is 44.5 Å². The molecule has 0 radical (unpaired) electrons. The van der Waals surface area contributed by atoms with Crippen LogP contribution in [0.1, 0.15) is 18.1 Å². The van der Waals surface area contributed by atoms with Gasteiger partial charge in [0.1, 0.15) is 18.1 Å². The van der Waals surface area contributed by atoms with E-state index in [1.165, 1.54) is 0 Å². The van der Waals surface area contributed by atoms with Crippen LogP contribution in [0.25, 0.3) is 0 Å². The summed E-state index contributed by atoms with van der Waals surface area (Å²) in [5.41, 5.74) is 7.88. The van der Waals surface area contributed by atoms with Crippen LogP contribution >= 0.6 is 11.6 Å². The highest BCUT2D eigenvalue weighted by atomic mass is 35.5. The van der Waals surface area contributed by atoms with Gasteiger partial charge in [0, 0.05) is 11.6 Å². The molecule has 0 aliphatic heterocycles. The third-order valence-electron chi connectivity index (χ3n) is 3.13. The van der Waals surface area contributed by atoms with Crippen molar-refractivity contribution in [3.8, 4) is 11.5 Å². The highest BCUT2D eigenvalue weighted by Gasteiger charge is 2.07. The standard InChI is InChI=1S/C17H20ClNO2/c1-12(19)9-13-7-8-17(15(18)10-13)21-11-14-5-3-4-6-16(14)20-2/h3-8,10,12H,9,11,19H2,1-2H3. The predicted octanol–water partition coefficient (Wildman–Crippen LogP) is 3.82. The quantitative estimate of drug-likeness (QED) is 0.882. The Balaban J connectivity index is 2.06. The van der Waals surface area contributed by atoms with Crippen molar-refractivity contribution in [2.45, 2.75) is 26.0 Å². The number of para-hydroxylation sites is 1. The van der Waals surface area contributed by atoms with E-state index in [2.05, 4.69) is 0 Å². The Labute approximate surface area is 130 Å². The van der Waals surface area contributed by atoms with E-state index in [4.69, 9.17) is 26.8 Å². The van der Waals surface area contributed by atoms with Gasteiger partial charge in [-0.1, -0.05) is 35.9 Å². The molecule has 1 unspecified atom stereocenters. The summed E-state index contributed by atoms with van der Waals surface area (Å²) in [6, 6.07) is 13.7. The zero-order valence-electron chi connectivity index (χ0n) is 12.3. The third kappa shape index (κ3) is 4.38. The largest absolute Gasteiger partial charge is 0.496 e. The molecule has 0 fully saturated rings. The lowest BCUT2D eigenvalue weighted by Gasteiger charge is -2.12. The Morgan fingerprint density at radius 2 is 1.90 bits per heavy atom. The van der Waals surface area contributed by atoms with Crippen LogP contribution in [0.4, 0.5) is 0 Å². The zero-order chi connectivity index (χ0) is 15.2. The van der Waals surface area contributed by atoms with Crippen molar-refractivity contribution < 1.29 is 9.47 Å². The molecule has 2 aromatic carbocycles. The summed E-state index contributed by atoms with van der Waals surface area (Å²) in [5, 5.41) is 0.600. The van der Waals surface area contributed by atoms with Crippen molar-refractivity contribution >= 4 is 11.6 Å². The molecule has 2 N–H and O–H groups in total. The number of methoxy groups -OCH3 is 1. The first kappa shape index (κ1) is 15.7. The molecule has 0 aliphatic rings. The monoisotopic (exact) mass is 305 g/mol. The molecule has 0 aromatic heterocycles. The molecule has 0 bridgehead atoms. The summed E-state index contributed by atoms with van der Waals surface area (Å²) in [7, 11) is 1.65. The molecule has 3 nitrogen and oxygen atoms in total. The summed E-state index contributed by atoms with van der Waals surface area (Å²) in [6.07, 6.45) is 0.798. The van der Waals surface area contributed by atoms with Crippen LogP contribution in [-0.2, 0) is 13.0 Å². The minimum atomic E-state index is 0.112. The lowest BCUT2D eigenvalue weighted by molar-refractivity contribution is 0.297. The van der Waals surface area contributed by atoms with E-state index in [1.807, 2.05) is 49.4 Å². The number of benzene rings is 2. The fourth-order valence-corrected chi connectivity index (χ4v) is 2.40. The van der Waals surface area contributed by atoms with Crippen LogP contribution in [0.15, 0.2) is 42.5 Å². The normalized spacial score (nSPS) is 12.0. The van der Waals surface area contributed by atoms with Crippen molar-refractivity contribution in [1.29, 1.82) is 0 Å². The van der Waals surface area contributed by atoms with Gasteiger partial charge in [0.25, 0.3) is 0 Å². The molecule has 1 atom stereocenters. The highest BCUT2D eigenvalue weighted by Crippen LogP contribution is 2.28. The minimum Gasteiger partial charge on any atom is -0.496 e. The predicted molar refractivity (Wildman–Crippen MR) is 86.1 cm³/mol. The van der Waals surface area contributed by atoms with Gasteiger partial charge in [-0.3, -0.25) is 0 Å². The molecular weight excluding hydrogens is 286 g/mol. The average Bonchev–Trinajstić information content (AvgIpc) is 2.46. The Morgan fingerprint density at radius 3 is 2.57 bits per heavy atom. The van der Waals surface area contributed by atoms with Gasteiger partial charge < -0.3 is 15.2 Å². The number of rotatable bonds is 6. The number of nitrogens with two attached hydrogens (primary N) is 1. The Kier molecular flexibility index (Phi) is 5.48. The lowest BCUT2D eigenvalue weighted by Crippen LogP contribution is -2.17. The smallest absolute Gasteiger partial charge is 0.138 e. The maximum atomic E-state index is 6.26. The van der Waals surface area contributed by atoms with E-state index in [0.29, 0.717) is 17.4 Å². The van der Waals surface area contributed by atoms with Crippen LogP contribution < -0.4 is 15.2 Å². The van der Waals surface area contributed by atoms with Crippen LogP contribution in [0.3, 0.4) is 0 Å². The first-order valence-electron chi connectivity index (χ1n) is 6.89. The van der Waals surface area contributed by atoms with E-state index in [1.54, 1.807) is 7.11 Å². The molecule has 21 heavy (non-hydrogen) atoms. The number of halogens is 1. The van der Waals surface area contributed by atoms with Gasteiger partial charge >= 0.3 is 0 Å². The summed E-state index contributed by atoms with van der Waals surface area (Å²) in [6.45, 7) is 2.39. The summed E-state index contributed by atoms with van der Waals surface area (Å²) >= 11 is 6.26. The molecular formula is C17H20ClNO2. The van der Waals surface area contributed by atoms with Crippen molar-refractivity contribution in [2.24, 2.45) is 5.73 Å². The highest BCUT2D eigenvalue weighted by molar-refractivity contribution is 6.32. The van der Waals surface area contributed by atoms with Crippen LogP contribution in [0, 0.1) is 0 Å². The van der Waals surface area contributed by atoms with Crippen LogP contribution in [-0.4, -0.2) is 13.2 Å². The Morgan fingerprint density at radius 1 is 1.14 bits per heavy atom. The lowest BCUT2D eigenvalue weighted by atomic mass is 10.1. The van der Waals surface area contributed by atoms with Crippen molar-refractivity contribution in [2.75, 3.05) is 7.11 Å². The third-order valence-corrected chi connectivity index (χ3v) is 3.43. The van der Waals surface area contributed by atoms with E-state index >= 15 is 0 Å². The van der Waals surface area contributed by atoms with Crippen molar-refractivity contribution in [3.63, 3.8) is 0 Å². The summed E-state index contributed by atoms with van der Waals surface area (Å²) in [4.78, 5) is 0. The minimum absolute atomic E-state index is 0.112. The summed E-state index contributed by atoms with van der Waals surface area (Å²) < 4.78 is 11.1. The van der Waals surface area contributed by atoms with Crippen LogP contribution in [0.5, 0.6) is 11.5 Å². The molecule has 4 heteroatoms. The molecule has 0 heterocycles. The fraction of sp³-hybridized carbons (Fsp3) is 0.294. The van der Waals surface area contributed by atoms with Crippen LogP contribution in [0.2, 0.25) is 5.02 Å². The Bertz CT molecular complexity index is 599. The van der Waals surface area contributed by atoms with Gasteiger partial charge in [-0.2, -0.15) is 0 Å². The van der Waals surface area contributed by atoms with E-state index in [-0.39, 0.29) is 6.04 Å². The van der Waals surface area contributed by atoms with E-state index in [9.17, 15) is 0 Å². The number of hydrogen-bond donors (Lipinski definition) is 1. The number of ether oxygens (including phenoxy) is 2. The van der Waals surface area contributed by atoms with Gasteiger partial charge in [0.05, 0.1) is 12.1 Å². The van der Waals surface area contributed by atoms with Crippen molar-refractivity contribution in [3.05, 3.63) is 58.6 Å². The molecule has 2 rings (SSSR count). The second-order valence-electron chi connectivity index (χ2n) is 5.05. The molecule has 0 amide bonds. The van der Waals surface area contributed by atoms with Gasteiger partial charge in [-0.25, -0.2) is 0 Å². The van der Waals surface area contributed by atoms with Gasteiger partial charge in [0.2, 0.25) is 0 Å². The maximum Gasteiger partial charge on any atom is 0.138 e. The number of hydrogen-bond acceptors (Lipinski definition) is 3. The second kappa shape index (κ2) is 7.34. The maximum absolute atomic E-state index is 6.26. The molecule has 0 saturated carbocycles.